The lowest BCUT2D eigenvalue weighted by Gasteiger charge is -2.43. The molecule has 1 rings (SSSR count). The van der Waals surface area contributed by atoms with E-state index in [-0.39, 0.29) is 11.9 Å². The van der Waals surface area contributed by atoms with E-state index >= 15 is 0 Å². The normalized spacial score (nSPS) is 19.3. The van der Waals surface area contributed by atoms with E-state index in [0.717, 1.165) is 25.0 Å². The zero-order valence-electron chi connectivity index (χ0n) is 15.1. The Morgan fingerprint density at radius 3 is 2.27 bits per heavy atom. The highest BCUT2D eigenvalue weighted by Crippen LogP contribution is 2.44. The summed E-state index contributed by atoms with van der Waals surface area (Å²) in [5, 5.41) is 2.97. The van der Waals surface area contributed by atoms with Gasteiger partial charge in [-0.15, -0.1) is 0 Å². The summed E-state index contributed by atoms with van der Waals surface area (Å²) in [7, 11) is -1.89. The molecule has 126 valence electrons. The van der Waals surface area contributed by atoms with Gasteiger partial charge < -0.3 is 9.74 Å². The predicted octanol–water partition coefficient (Wildman–Crippen LogP) is 4.92. The molecule has 0 saturated carbocycles. The molecule has 0 bridgehead atoms. The Balaban J connectivity index is 2.97. The van der Waals surface area contributed by atoms with Gasteiger partial charge in [-0.3, -0.25) is 4.79 Å². The number of hydrogen-bond acceptors (Lipinski definition) is 2. The summed E-state index contributed by atoms with van der Waals surface area (Å²) >= 11 is 0. The number of carbonyl (C=O) groups is 1. The zero-order chi connectivity index (χ0) is 16.9. The van der Waals surface area contributed by atoms with Crippen LogP contribution in [-0.2, 0) is 9.22 Å². The van der Waals surface area contributed by atoms with E-state index in [1.807, 2.05) is 0 Å². The number of rotatable bonds is 7. The number of carbonyl (C=O) groups excluding carboxylic acids is 1. The SMILES string of the molecule is C=CC(=O)NC1C=C(O[Si](C(C)C)(C(C)C)C(C)C)CCC1. The monoisotopic (exact) mass is 323 g/mol. The molecule has 0 heterocycles. The van der Waals surface area contributed by atoms with Crippen molar-refractivity contribution in [2.45, 2.75) is 83.5 Å². The molecule has 0 saturated heterocycles. The Bertz CT molecular complexity index is 405. The lowest BCUT2D eigenvalue weighted by atomic mass is 10.0. The third kappa shape index (κ3) is 4.25. The molecule has 1 unspecified atom stereocenters. The molecule has 22 heavy (non-hydrogen) atoms. The molecule has 0 fully saturated rings. The van der Waals surface area contributed by atoms with Gasteiger partial charge >= 0.3 is 0 Å². The van der Waals surface area contributed by atoms with Crippen LogP contribution >= 0.6 is 0 Å². The zero-order valence-corrected chi connectivity index (χ0v) is 16.1. The van der Waals surface area contributed by atoms with Gasteiger partial charge in [0.2, 0.25) is 5.91 Å². The largest absolute Gasteiger partial charge is 0.546 e. The standard InChI is InChI=1S/C18H33NO2Si/c1-8-18(20)19-16-10-9-11-17(12-16)21-22(13(2)3,14(4)5)15(6)7/h8,12-16H,1,9-11H2,2-7H3,(H,19,20). The lowest BCUT2D eigenvalue weighted by molar-refractivity contribution is -0.116. The highest BCUT2D eigenvalue weighted by Gasteiger charge is 2.47. The first kappa shape index (κ1) is 19.0. The molecule has 0 aliphatic heterocycles. The van der Waals surface area contributed by atoms with E-state index in [9.17, 15) is 4.79 Å². The highest BCUT2D eigenvalue weighted by atomic mass is 28.4. The molecule has 1 aliphatic rings. The van der Waals surface area contributed by atoms with Crippen molar-refractivity contribution in [2.24, 2.45) is 0 Å². The van der Waals surface area contributed by atoms with Crippen LogP contribution in [0.2, 0.25) is 16.6 Å². The van der Waals surface area contributed by atoms with Crippen molar-refractivity contribution in [3.63, 3.8) is 0 Å². The van der Waals surface area contributed by atoms with Crippen molar-refractivity contribution in [3.8, 4) is 0 Å². The average Bonchev–Trinajstić information content (AvgIpc) is 2.43. The molecule has 0 aromatic carbocycles. The summed E-state index contributed by atoms with van der Waals surface area (Å²) in [5.41, 5.74) is 1.70. The van der Waals surface area contributed by atoms with Crippen LogP contribution < -0.4 is 5.32 Å². The molecule has 0 aromatic heterocycles. The van der Waals surface area contributed by atoms with Crippen LogP contribution in [0.4, 0.5) is 0 Å². The van der Waals surface area contributed by atoms with Crippen molar-refractivity contribution in [2.75, 3.05) is 0 Å². The second-order valence-electron chi connectivity index (χ2n) is 7.26. The second-order valence-corrected chi connectivity index (χ2v) is 12.6. The number of amides is 1. The highest BCUT2D eigenvalue weighted by molar-refractivity contribution is 6.77. The van der Waals surface area contributed by atoms with E-state index in [0.29, 0.717) is 16.6 Å². The molecule has 1 aliphatic carbocycles. The summed E-state index contributed by atoms with van der Waals surface area (Å²) in [6.07, 6.45) is 6.48. The Kier molecular flexibility index (Phi) is 6.91. The Morgan fingerprint density at radius 2 is 1.82 bits per heavy atom. The first-order valence-corrected chi connectivity index (χ1v) is 10.7. The predicted molar refractivity (Wildman–Crippen MR) is 96.2 cm³/mol. The van der Waals surface area contributed by atoms with Crippen LogP contribution in [0.1, 0.15) is 60.8 Å². The van der Waals surface area contributed by atoms with Crippen molar-refractivity contribution in [3.05, 3.63) is 24.5 Å². The third-order valence-corrected chi connectivity index (χ3v) is 10.9. The van der Waals surface area contributed by atoms with Gasteiger partial charge in [0.15, 0.2) is 0 Å². The summed E-state index contributed by atoms with van der Waals surface area (Å²) in [6.45, 7) is 17.3. The topological polar surface area (TPSA) is 38.3 Å². The van der Waals surface area contributed by atoms with Crippen LogP contribution in [0.15, 0.2) is 24.5 Å². The average molecular weight is 324 g/mol. The van der Waals surface area contributed by atoms with Gasteiger partial charge in [-0.1, -0.05) is 48.1 Å². The fraction of sp³-hybridized carbons (Fsp3) is 0.722. The van der Waals surface area contributed by atoms with Crippen molar-refractivity contribution >= 4 is 14.2 Å². The van der Waals surface area contributed by atoms with Gasteiger partial charge in [0.05, 0.1) is 11.8 Å². The molecule has 1 amide bonds. The summed E-state index contributed by atoms with van der Waals surface area (Å²) in [5.74, 6) is 0.978. The van der Waals surface area contributed by atoms with E-state index in [1.54, 1.807) is 0 Å². The quantitative estimate of drug-likeness (QED) is 0.533. The van der Waals surface area contributed by atoms with Gasteiger partial charge in [0.1, 0.15) is 0 Å². The summed E-state index contributed by atoms with van der Waals surface area (Å²) in [4.78, 5) is 11.5. The van der Waals surface area contributed by atoms with Gasteiger partial charge in [0, 0.05) is 6.42 Å². The van der Waals surface area contributed by atoms with Crippen molar-refractivity contribution in [1.82, 2.24) is 5.32 Å². The Hall–Kier alpha value is -1.03. The first-order valence-electron chi connectivity index (χ1n) is 8.56. The second kappa shape index (κ2) is 8.00. The van der Waals surface area contributed by atoms with Crippen LogP contribution in [0.5, 0.6) is 0 Å². The fourth-order valence-corrected chi connectivity index (χ4v) is 9.24. The van der Waals surface area contributed by atoms with Gasteiger partial charge in [-0.25, -0.2) is 0 Å². The van der Waals surface area contributed by atoms with Gasteiger partial charge in [0.25, 0.3) is 8.32 Å². The van der Waals surface area contributed by atoms with E-state index in [2.05, 4.69) is 59.5 Å². The smallest absolute Gasteiger partial charge is 0.258 e. The maximum absolute atomic E-state index is 11.5. The lowest BCUT2D eigenvalue weighted by Crippen LogP contribution is -2.48. The molecule has 1 atom stereocenters. The molecule has 3 nitrogen and oxygen atoms in total. The molecule has 0 aromatic rings. The van der Waals surface area contributed by atoms with E-state index < -0.39 is 8.32 Å². The van der Waals surface area contributed by atoms with E-state index in [4.69, 9.17) is 4.43 Å². The summed E-state index contributed by atoms with van der Waals surface area (Å²) in [6, 6.07) is 0.0763. The van der Waals surface area contributed by atoms with Crippen LogP contribution in [0, 0.1) is 0 Å². The van der Waals surface area contributed by atoms with Crippen molar-refractivity contribution in [1.29, 1.82) is 0 Å². The van der Waals surface area contributed by atoms with Gasteiger partial charge in [-0.05, 0) is 41.6 Å². The first-order chi connectivity index (χ1) is 10.2. The summed E-state index contributed by atoms with van der Waals surface area (Å²) < 4.78 is 6.73. The third-order valence-electron chi connectivity index (χ3n) is 4.85. The minimum Gasteiger partial charge on any atom is -0.546 e. The fourth-order valence-electron chi connectivity index (χ4n) is 3.91. The molecule has 4 heteroatoms. The van der Waals surface area contributed by atoms with Crippen LogP contribution in [0.25, 0.3) is 0 Å². The van der Waals surface area contributed by atoms with Crippen LogP contribution in [0.3, 0.4) is 0 Å². The number of nitrogens with one attached hydrogen (secondary N) is 1. The molecule has 0 radical (unpaired) electrons. The number of allylic oxidation sites excluding steroid dienone is 1. The maximum Gasteiger partial charge on any atom is 0.258 e. The maximum atomic E-state index is 11.5. The molecular formula is C18H33NO2Si. The molecular weight excluding hydrogens is 290 g/mol. The molecule has 0 spiro atoms. The molecule has 1 N–H and O–H groups in total. The minimum absolute atomic E-state index is 0.0763. The Morgan fingerprint density at radius 1 is 1.27 bits per heavy atom. The van der Waals surface area contributed by atoms with Crippen LogP contribution in [-0.4, -0.2) is 20.3 Å². The van der Waals surface area contributed by atoms with Crippen molar-refractivity contribution < 1.29 is 9.22 Å². The Labute approximate surface area is 137 Å². The number of hydrogen-bond donors (Lipinski definition) is 1. The minimum atomic E-state index is -1.89. The van der Waals surface area contributed by atoms with E-state index in [1.165, 1.54) is 6.08 Å². The van der Waals surface area contributed by atoms with Gasteiger partial charge in [-0.2, -0.15) is 0 Å².